The Balaban J connectivity index is 2.04. The van der Waals surface area contributed by atoms with Crippen LogP contribution in [0.2, 0.25) is 0 Å². The van der Waals surface area contributed by atoms with E-state index in [2.05, 4.69) is 15.2 Å². The van der Waals surface area contributed by atoms with E-state index in [9.17, 15) is 10.1 Å². The standard InChI is InChI=1S/C10H10N4O3/c1-7-11-10(13-12-7)6-17-9-4-2-3-8(5-9)14(15)16/h2-5H,6H2,1H3,(H,11,12,13). The first-order chi connectivity index (χ1) is 8.15. The summed E-state index contributed by atoms with van der Waals surface area (Å²) in [6, 6.07) is 5.98. The first-order valence-electron chi connectivity index (χ1n) is 4.90. The highest BCUT2D eigenvalue weighted by Crippen LogP contribution is 2.19. The lowest BCUT2D eigenvalue weighted by atomic mass is 10.3. The van der Waals surface area contributed by atoms with Crippen molar-refractivity contribution in [1.82, 2.24) is 15.2 Å². The quantitative estimate of drug-likeness (QED) is 0.640. The van der Waals surface area contributed by atoms with Gasteiger partial charge in [-0.1, -0.05) is 6.07 Å². The molecule has 0 saturated carbocycles. The Morgan fingerprint density at radius 1 is 1.53 bits per heavy atom. The summed E-state index contributed by atoms with van der Waals surface area (Å²) >= 11 is 0. The molecule has 17 heavy (non-hydrogen) atoms. The normalized spacial score (nSPS) is 10.2. The second kappa shape index (κ2) is 4.60. The third-order valence-corrected chi connectivity index (χ3v) is 2.04. The molecule has 2 rings (SSSR count). The highest BCUT2D eigenvalue weighted by molar-refractivity contribution is 5.37. The van der Waals surface area contributed by atoms with Crippen LogP contribution in [-0.2, 0) is 6.61 Å². The number of aromatic amines is 1. The minimum Gasteiger partial charge on any atom is -0.485 e. The number of benzene rings is 1. The van der Waals surface area contributed by atoms with E-state index >= 15 is 0 Å². The summed E-state index contributed by atoms with van der Waals surface area (Å²) in [7, 11) is 0. The van der Waals surface area contributed by atoms with Crippen LogP contribution in [0.15, 0.2) is 24.3 Å². The Kier molecular flexibility index (Phi) is 2.99. The molecule has 0 radical (unpaired) electrons. The van der Waals surface area contributed by atoms with Gasteiger partial charge in [-0.2, -0.15) is 5.10 Å². The van der Waals surface area contributed by atoms with Crippen molar-refractivity contribution >= 4 is 5.69 Å². The Morgan fingerprint density at radius 3 is 3.00 bits per heavy atom. The zero-order chi connectivity index (χ0) is 12.3. The van der Waals surface area contributed by atoms with Gasteiger partial charge in [0, 0.05) is 6.07 Å². The number of aryl methyl sites for hydroxylation is 1. The molecule has 0 fully saturated rings. The summed E-state index contributed by atoms with van der Waals surface area (Å²) in [6.07, 6.45) is 0. The molecule has 2 aromatic rings. The molecule has 0 bridgehead atoms. The van der Waals surface area contributed by atoms with Crippen molar-refractivity contribution in [3.63, 3.8) is 0 Å². The third-order valence-electron chi connectivity index (χ3n) is 2.04. The largest absolute Gasteiger partial charge is 0.485 e. The monoisotopic (exact) mass is 234 g/mol. The van der Waals surface area contributed by atoms with Crippen LogP contribution in [0.1, 0.15) is 11.6 Å². The van der Waals surface area contributed by atoms with Gasteiger partial charge in [0.15, 0.2) is 5.82 Å². The number of nitrogens with one attached hydrogen (secondary N) is 1. The van der Waals surface area contributed by atoms with Crippen LogP contribution < -0.4 is 4.74 Å². The predicted octanol–water partition coefficient (Wildman–Crippen LogP) is 1.60. The minimum atomic E-state index is -0.468. The molecule has 7 heteroatoms. The van der Waals surface area contributed by atoms with Crippen LogP contribution in [0.5, 0.6) is 5.75 Å². The second-order valence-corrected chi connectivity index (χ2v) is 3.38. The van der Waals surface area contributed by atoms with E-state index in [1.54, 1.807) is 19.1 Å². The Bertz CT molecular complexity index is 538. The van der Waals surface area contributed by atoms with E-state index in [0.717, 1.165) is 0 Å². The van der Waals surface area contributed by atoms with Gasteiger partial charge in [0.2, 0.25) is 0 Å². The maximum Gasteiger partial charge on any atom is 0.273 e. The van der Waals surface area contributed by atoms with Gasteiger partial charge in [0.1, 0.15) is 18.2 Å². The zero-order valence-corrected chi connectivity index (χ0v) is 9.08. The number of hydrogen-bond donors (Lipinski definition) is 1. The molecule has 1 aromatic heterocycles. The van der Waals surface area contributed by atoms with Gasteiger partial charge in [-0.15, -0.1) is 0 Å². The van der Waals surface area contributed by atoms with Crippen molar-refractivity contribution < 1.29 is 9.66 Å². The minimum absolute atomic E-state index is 0.00586. The van der Waals surface area contributed by atoms with E-state index in [0.29, 0.717) is 17.4 Å². The molecule has 0 saturated heterocycles. The van der Waals surface area contributed by atoms with Crippen molar-refractivity contribution in [2.24, 2.45) is 0 Å². The third kappa shape index (κ3) is 2.77. The van der Waals surface area contributed by atoms with Crippen LogP contribution in [0.3, 0.4) is 0 Å². The van der Waals surface area contributed by atoms with E-state index < -0.39 is 4.92 Å². The molecule has 1 heterocycles. The van der Waals surface area contributed by atoms with Gasteiger partial charge in [-0.3, -0.25) is 15.2 Å². The fourth-order valence-corrected chi connectivity index (χ4v) is 1.29. The number of ether oxygens (including phenoxy) is 1. The van der Waals surface area contributed by atoms with Gasteiger partial charge < -0.3 is 4.74 Å². The second-order valence-electron chi connectivity index (χ2n) is 3.38. The zero-order valence-electron chi connectivity index (χ0n) is 9.08. The van der Waals surface area contributed by atoms with Gasteiger partial charge in [0.25, 0.3) is 5.69 Å². The number of nitrogens with zero attached hydrogens (tertiary/aromatic N) is 3. The Morgan fingerprint density at radius 2 is 2.35 bits per heavy atom. The SMILES string of the molecule is Cc1nc(COc2cccc([N+](=O)[O-])c2)n[nH]1. The number of nitro groups is 1. The first kappa shape index (κ1) is 11.1. The van der Waals surface area contributed by atoms with Crippen molar-refractivity contribution in [2.45, 2.75) is 13.5 Å². The summed E-state index contributed by atoms with van der Waals surface area (Å²) in [6.45, 7) is 1.95. The molecule has 0 atom stereocenters. The molecule has 0 unspecified atom stereocenters. The summed E-state index contributed by atoms with van der Waals surface area (Å²) < 4.78 is 5.35. The molecule has 0 amide bonds. The van der Waals surface area contributed by atoms with Gasteiger partial charge in [-0.25, -0.2) is 4.98 Å². The molecule has 0 aliphatic rings. The molecule has 88 valence electrons. The smallest absolute Gasteiger partial charge is 0.273 e. The molecular formula is C10H10N4O3. The van der Waals surface area contributed by atoms with Crippen molar-refractivity contribution in [2.75, 3.05) is 0 Å². The maximum absolute atomic E-state index is 10.6. The number of hydrogen-bond acceptors (Lipinski definition) is 5. The van der Waals surface area contributed by atoms with Gasteiger partial charge in [0.05, 0.1) is 11.0 Å². The van der Waals surface area contributed by atoms with Gasteiger partial charge in [-0.05, 0) is 13.0 Å². The van der Waals surface area contributed by atoms with Crippen LogP contribution in [0.4, 0.5) is 5.69 Å². The molecule has 0 aliphatic carbocycles. The summed E-state index contributed by atoms with van der Waals surface area (Å²) in [5, 5.41) is 17.1. The Hall–Kier alpha value is -2.44. The van der Waals surface area contributed by atoms with Crippen LogP contribution in [0, 0.1) is 17.0 Å². The summed E-state index contributed by atoms with van der Waals surface area (Å²) in [4.78, 5) is 14.1. The maximum atomic E-state index is 10.6. The van der Waals surface area contributed by atoms with Crippen molar-refractivity contribution in [1.29, 1.82) is 0 Å². The van der Waals surface area contributed by atoms with Gasteiger partial charge >= 0.3 is 0 Å². The van der Waals surface area contributed by atoms with Crippen LogP contribution in [0.25, 0.3) is 0 Å². The number of H-pyrrole nitrogens is 1. The van der Waals surface area contributed by atoms with E-state index in [-0.39, 0.29) is 12.3 Å². The van der Waals surface area contributed by atoms with E-state index in [4.69, 9.17) is 4.74 Å². The van der Waals surface area contributed by atoms with E-state index in [1.165, 1.54) is 12.1 Å². The number of rotatable bonds is 4. The topological polar surface area (TPSA) is 93.9 Å². The molecule has 0 aliphatic heterocycles. The highest BCUT2D eigenvalue weighted by atomic mass is 16.6. The van der Waals surface area contributed by atoms with Crippen molar-refractivity contribution in [3.05, 3.63) is 46.0 Å². The fourth-order valence-electron chi connectivity index (χ4n) is 1.29. The molecule has 1 aromatic carbocycles. The van der Waals surface area contributed by atoms with E-state index in [1.807, 2.05) is 0 Å². The summed E-state index contributed by atoms with van der Waals surface area (Å²) in [5.41, 5.74) is -0.00586. The van der Waals surface area contributed by atoms with Crippen molar-refractivity contribution in [3.8, 4) is 5.75 Å². The fraction of sp³-hybridized carbons (Fsp3) is 0.200. The van der Waals surface area contributed by atoms with Crippen LogP contribution in [-0.4, -0.2) is 20.1 Å². The predicted molar refractivity (Wildman–Crippen MR) is 58.5 cm³/mol. The lowest BCUT2D eigenvalue weighted by Gasteiger charge is -2.02. The van der Waals surface area contributed by atoms with Crippen LogP contribution >= 0.6 is 0 Å². The number of non-ortho nitro benzene ring substituents is 1. The lowest BCUT2D eigenvalue weighted by molar-refractivity contribution is -0.384. The average Bonchev–Trinajstić information content (AvgIpc) is 2.73. The molecular weight excluding hydrogens is 224 g/mol. The lowest BCUT2D eigenvalue weighted by Crippen LogP contribution is -1.98. The highest BCUT2D eigenvalue weighted by Gasteiger charge is 2.07. The molecule has 0 spiro atoms. The number of nitro benzene ring substituents is 1. The average molecular weight is 234 g/mol. The summed E-state index contributed by atoms with van der Waals surface area (Å²) in [5.74, 6) is 1.62. The Labute approximate surface area is 96.6 Å². The first-order valence-corrected chi connectivity index (χ1v) is 4.90. The number of aromatic nitrogens is 3. The molecule has 1 N–H and O–H groups in total. The molecule has 7 nitrogen and oxygen atoms in total.